The van der Waals surface area contributed by atoms with E-state index in [0.717, 1.165) is 19.3 Å². The van der Waals surface area contributed by atoms with E-state index < -0.39 is 17.9 Å². The van der Waals surface area contributed by atoms with E-state index in [2.05, 4.69) is 6.92 Å². The molecule has 1 aliphatic heterocycles. The molecule has 1 rings (SSSR count). The molecule has 0 bridgehead atoms. The van der Waals surface area contributed by atoms with Gasteiger partial charge in [0.05, 0.1) is 6.42 Å². The molecule has 1 heterocycles. The lowest BCUT2D eigenvalue weighted by Gasteiger charge is -2.14. The van der Waals surface area contributed by atoms with Crippen LogP contribution in [0, 0.1) is 0 Å². The van der Waals surface area contributed by atoms with Crippen LogP contribution in [0.15, 0.2) is 0 Å². The van der Waals surface area contributed by atoms with Crippen LogP contribution in [0.4, 0.5) is 0 Å². The molecule has 102 valence electrons. The monoisotopic (exact) mass is 273 g/mol. The zero-order valence-corrected chi connectivity index (χ0v) is 11.4. The van der Waals surface area contributed by atoms with Gasteiger partial charge in [-0.25, -0.2) is 0 Å². The van der Waals surface area contributed by atoms with Gasteiger partial charge < -0.3 is 9.94 Å². The predicted octanol–water partition coefficient (Wildman–Crippen LogP) is 1.73. The van der Waals surface area contributed by atoms with Crippen molar-refractivity contribution >= 4 is 29.1 Å². The van der Waals surface area contributed by atoms with Crippen molar-refractivity contribution in [1.29, 1.82) is 0 Å². The average Bonchev–Trinajstić information content (AvgIpc) is 2.56. The van der Waals surface area contributed by atoms with Crippen molar-refractivity contribution in [3.8, 4) is 0 Å². The first-order chi connectivity index (χ1) is 8.56. The maximum absolute atomic E-state index is 11.3. The second-order valence-corrected chi connectivity index (χ2v) is 4.83. The summed E-state index contributed by atoms with van der Waals surface area (Å²) in [4.78, 5) is 27.7. The highest BCUT2D eigenvalue weighted by molar-refractivity contribution is 7.80. The summed E-state index contributed by atoms with van der Waals surface area (Å²) in [6.45, 7) is 2.14. The Bertz CT molecular complexity index is 332. The van der Waals surface area contributed by atoms with Gasteiger partial charge in [0.1, 0.15) is 6.10 Å². The molecule has 1 saturated heterocycles. The lowest BCUT2D eigenvalue weighted by Crippen LogP contribution is -2.33. The number of rotatable bonds is 7. The van der Waals surface area contributed by atoms with Crippen molar-refractivity contribution in [2.75, 3.05) is 0 Å². The van der Waals surface area contributed by atoms with Crippen LogP contribution >= 0.6 is 12.2 Å². The molecule has 1 N–H and O–H groups in total. The molecule has 0 spiro atoms. The fourth-order valence-corrected chi connectivity index (χ4v) is 1.93. The Hall–Kier alpha value is -1.01. The highest BCUT2D eigenvalue weighted by Gasteiger charge is 2.39. The first kappa shape index (κ1) is 15.0. The minimum atomic E-state index is -1.29. The number of unbranched alkanes of at least 4 members (excludes halogenated alkanes) is 4. The highest BCUT2D eigenvalue weighted by atomic mass is 32.1. The number of hydroxylamine groups is 2. The Morgan fingerprint density at radius 1 is 1.39 bits per heavy atom. The molecule has 1 aliphatic rings. The van der Waals surface area contributed by atoms with Crippen LogP contribution in [0.1, 0.15) is 51.9 Å². The summed E-state index contributed by atoms with van der Waals surface area (Å²) in [7, 11) is 0. The van der Waals surface area contributed by atoms with Gasteiger partial charge in [-0.1, -0.05) is 32.6 Å². The van der Waals surface area contributed by atoms with Crippen LogP contribution in [0.25, 0.3) is 0 Å². The molecular formula is C12H19NO4S. The molecule has 0 aliphatic carbocycles. The molecule has 0 aromatic heterocycles. The lowest BCUT2D eigenvalue weighted by atomic mass is 10.1. The van der Waals surface area contributed by atoms with Crippen LogP contribution in [-0.4, -0.2) is 33.1 Å². The summed E-state index contributed by atoms with van der Waals surface area (Å²) in [6, 6.07) is 0. The smallest absolute Gasteiger partial charge is 0.292 e. The van der Waals surface area contributed by atoms with E-state index in [4.69, 9.17) is 17.1 Å². The molecule has 1 atom stereocenters. The Balaban J connectivity index is 2.24. The van der Waals surface area contributed by atoms with E-state index in [0.29, 0.717) is 11.5 Å². The van der Waals surface area contributed by atoms with Gasteiger partial charge in [-0.2, -0.15) is 0 Å². The number of aliphatic hydroxyl groups excluding tert-OH is 1. The van der Waals surface area contributed by atoms with Crippen LogP contribution in [0.5, 0.6) is 0 Å². The van der Waals surface area contributed by atoms with Crippen molar-refractivity contribution in [2.45, 2.75) is 58.0 Å². The van der Waals surface area contributed by atoms with Gasteiger partial charge in [-0.3, -0.25) is 9.59 Å². The lowest BCUT2D eigenvalue weighted by molar-refractivity contribution is -0.169. The van der Waals surface area contributed by atoms with Crippen LogP contribution in [-0.2, 0) is 14.4 Å². The Kier molecular flexibility index (Phi) is 6.21. The molecule has 18 heavy (non-hydrogen) atoms. The molecule has 5 nitrogen and oxygen atoms in total. The van der Waals surface area contributed by atoms with E-state index in [1.807, 2.05) is 0 Å². The zero-order chi connectivity index (χ0) is 13.5. The number of imide groups is 1. The number of hydrogen-bond donors (Lipinski definition) is 1. The van der Waals surface area contributed by atoms with Gasteiger partial charge in [0, 0.05) is 6.42 Å². The summed E-state index contributed by atoms with van der Waals surface area (Å²) in [5, 5.41) is 10.00. The number of nitrogens with zero attached hydrogens (tertiary/aromatic N) is 1. The van der Waals surface area contributed by atoms with Crippen molar-refractivity contribution in [3.63, 3.8) is 0 Å². The van der Waals surface area contributed by atoms with E-state index in [1.54, 1.807) is 0 Å². The number of thiocarbonyl (C=S) groups is 1. The maximum Gasteiger partial charge on any atom is 0.292 e. The molecule has 1 fully saturated rings. The first-order valence-electron chi connectivity index (χ1n) is 6.32. The van der Waals surface area contributed by atoms with Gasteiger partial charge >= 0.3 is 0 Å². The summed E-state index contributed by atoms with van der Waals surface area (Å²) < 4.78 is 0. The Labute approximate surface area is 112 Å². The van der Waals surface area contributed by atoms with Gasteiger partial charge in [0.15, 0.2) is 5.05 Å². The Morgan fingerprint density at radius 2 is 2.06 bits per heavy atom. The standard InChI is InChI=1S/C12H19NO4S/c1-2-3-4-5-6-7-11(18)17-13-10(15)8-9(14)12(13)16/h9,14H,2-8H2,1H3. The minimum absolute atomic E-state index is 0.224. The second-order valence-electron chi connectivity index (χ2n) is 4.37. The third-order valence-corrected chi connectivity index (χ3v) is 3.04. The molecule has 1 unspecified atom stereocenters. The molecule has 0 aromatic rings. The summed E-state index contributed by atoms with van der Waals surface area (Å²) in [5.41, 5.74) is 0. The van der Waals surface area contributed by atoms with Gasteiger partial charge in [-0.05, 0) is 18.6 Å². The van der Waals surface area contributed by atoms with Crippen molar-refractivity contribution in [2.24, 2.45) is 0 Å². The van der Waals surface area contributed by atoms with Crippen LogP contribution in [0.3, 0.4) is 0 Å². The number of carbonyl (C=O) groups excluding carboxylic acids is 2. The van der Waals surface area contributed by atoms with Crippen LogP contribution < -0.4 is 0 Å². The zero-order valence-electron chi connectivity index (χ0n) is 10.6. The third-order valence-electron chi connectivity index (χ3n) is 2.76. The normalized spacial score (nSPS) is 19.4. The predicted molar refractivity (Wildman–Crippen MR) is 69.5 cm³/mol. The average molecular weight is 273 g/mol. The maximum atomic E-state index is 11.3. The van der Waals surface area contributed by atoms with Crippen molar-refractivity contribution in [3.05, 3.63) is 0 Å². The minimum Gasteiger partial charge on any atom is -0.383 e. The molecule has 0 saturated carbocycles. The van der Waals surface area contributed by atoms with E-state index in [9.17, 15) is 14.7 Å². The molecular weight excluding hydrogens is 254 g/mol. The first-order valence-corrected chi connectivity index (χ1v) is 6.72. The van der Waals surface area contributed by atoms with E-state index in [1.165, 1.54) is 12.8 Å². The van der Waals surface area contributed by atoms with Crippen LogP contribution in [0.2, 0.25) is 0 Å². The largest absolute Gasteiger partial charge is 0.383 e. The highest BCUT2D eigenvalue weighted by Crippen LogP contribution is 2.15. The SMILES string of the molecule is CCCCCCCC(=S)ON1C(=O)CC(O)C1=O. The third kappa shape index (κ3) is 4.34. The van der Waals surface area contributed by atoms with E-state index >= 15 is 0 Å². The quantitative estimate of drug-likeness (QED) is 0.434. The van der Waals surface area contributed by atoms with Crippen molar-refractivity contribution < 1.29 is 19.5 Å². The van der Waals surface area contributed by atoms with Gasteiger partial charge in [0.2, 0.25) is 0 Å². The number of hydrogen-bond acceptors (Lipinski definition) is 5. The summed E-state index contributed by atoms with van der Waals surface area (Å²) in [5.74, 6) is -1.27. The molecule has 0 radical (unpaired) electrons. The van der Waals surface area contributed by atoms with Crippen molar-refractivity contribution in [1.82, 2.24) is 5.06 Å². The van der Waals surface area contributed by atoms with Gasteiger partial charge in [0.25, 0.3) is 11.8 Å². The summed E-state index contributed by atoms with van der Waals surface area (Å²) >= 11 is 4.96. The Morgan fingerprint density at radius 3 is 2.61 bits per heavy atom. The number of amides is 2. The fraction of sp³-hybridized carbons (Fsp3) is 0.750. The topological polar surface area (TPSA) is 66.8 Å². The number of carbonyl (C=O) groups is 2. The summed E-state index contributed by atoms with van der Waals surface area (Å²) in [6.07, 6.45) is 4.51. The molecule has 0 aromatic carbocycles. The fourth-order valence-electron chi connectivity index (χ4n) is 1.71. The number of aliphatic hydroxyl groups is 1. The van der Waals surface area contributed by atoms with E-state index in [-0.39, 0.29) is 11.5 Å². The van der Waals surface area contributed by atoms with Gasteiger partial charge in [-0.15, -0.1) is 5.06 Å². The molecule has 6 heteroatoms. The second kappa shape index (κ2) is 7.43. The molecule has 2 amide bonds.